The zero-order valence-corrected chi connectivity index (χ0v) is 30.6. The van der Waals surface area contributed by atoms with Crippen LogP contribution in [-0.2, 0) is 14.2 Å². The van der Waals surface area contributed by atoms with Gasteiger partial charge in [-0.3, -0.25) is 0 Å². The molecule has 11 heteroatoms. The zero-order chi connectivity index (χ0) is 36.1. The third kappa shape index (κ3) is 7.12. The van der Waals surface area contributed by atoms with Crippen LogP contribution >= 0.6 is 0 Å². The third-order valence-electron chi connectivity index (χ3n) is 14.9. The van der Waals surface area contributed by atoms with E-state index in [1.165, 1.54) is 37.7 Å². The van der Waals surface area contributed by atoms with E-state index in [-0.39, 0.29) is 17.4 Å². The Balaban J connectivity index is 0.989. The quantitative estimate of drug-likeness (QED) is 0.147. The van der Waals surface area contributed by atoms with Crippen LogP contribution in [0.25, 0.3) is 0 Å². The molecule has 11 nitrogen and oxygen atoms in total. The summed E-state index contributed by atoms with van der Waals surface area (Å²) in [7, 11) is 0. The van der Waals surface area contributed by atoms with Crippen LogP contribution in [-0.4, -0.2) is 121 Å². The summed E-state index contributed by atoms with van der Waals surface area (Å²) < 4.78 is 17.2. The average molecular weight is 711 g/mol. The summed E-state index contributed by atoms with van der Waals surface area (Å²) in [4.78, 5) is 0. The first kappa shape index (κ1) is 39.0. The highest BCUT2D eigenvalue weighted by molar-refractivity contribution is 5.25. The lowest BCUT2D eigenvalue weighted by Gasteiger charge is -2.58. The first-order valence-corrected chi connectivity index (χ1v) is 19.7. The van der Waals surface area contributed by atoms with E-state index in [0.29, 0.717) is 17.8 Å². The Bertz CT molecular complexity index is 1160. The van der Waals surface area contributed by atoms with E-state index in [1.54, 1.807) is 0 Å². The van der Waals surface area contributed by atoms with Gasteiger partial charge in [0.05, 0.1) is 25.4 Å². The number of ether oxygens (including phenoxy) is 3. The maximum atomic E-state index is 11.0. The molecule has 2 heterocycles. The van der Waals surface area contributed by atoms with Gasteiger partial charge in [-0.2, -0.15) is 0 Å². The Morgan fingerprint density at radius 2 is 1.50 bits per heavy atom. The summed E-state index contributed by atoms with van der Waals surface area (Å²) in [6.07, 6.45) is 1.96. The second kappa shape index (κ2) is 15.6. The number of hydrogen-bond acceptors (Lipinski definition) is 11. The molecule has 288 valence electrons. The van der Waals surface area contributed by atoms with E-state index >= 15 is 0 Å². The fraction of sp³-hybridized carbons (Fsp3) is 0.949. The molecule has 19 atom stereocenters. The Labute approximate surface area is 298 Å². The smallest absolute Gasteiger partial charge is 0.187 e. The molecule has 5 fully saturated rings. The summed E-state index contributed by atoms with van der Waals surface area (Å²) >= 11 is 0. The van der Waals surface area contributed by atoms with E-state index in [0.717, 1.165) is 62.2 Å². The molecule has 8 N–H and O–H groups in total. The van der Waals surface area contributed by atoms with E-state index in [4.69, 9.17) is 14.2 Å². The minimum Gasteiger partial charge on any atom is -0.394 e. The molecular weight excluding hydrogens is 644 g/mol. The van der Waals surface area contributed by atoms with Gasteiger partial charge in [-0.15, -0.1) is 0 Å². The predicted octanol–water partition coefficient (Wildman–Crippen LogP) is 2.43. The average Bonchev–Trinajstić information content (AvgIpc) is 3.45. The van der Waals surface area contributed by atoms with Gasteiger partial charge >= 0.3 is 0 Å². The molecular formula is C39H66O11. The van der Waals surface area contributed by atoms with Crippen molar-refractivity contribution in [2.24, 2.45) is 46.3 Å². The first-order chi connectivity index (χ1) is 23.7. The minimum atomic E-state index is -1.68. The zero-order valence-electron chi connectivity index (χ0n) is 30.6. The molecule has 0 aromatic heterocycles. The van der Waals surface area contributed by atoms with Crippen LogP contribution in [0, 0.1) is 46.3 Å². The van der Waals surface area contributed by atoms with Crippen LogP contribution in [0.2, 0.25) is 0 Å². The van der Waals surface area contributed by atoms with Crippen molar-refractivity contribution in [2.75, 3.05) is 13.2 Å². The summed E-state index contributed by atoms with van der Waals surface area (Å²) in [5, 5.41) is 82.6. The number of allylic oxidation sites excluding steroid dienone is 1. The van der Waals surface area contributed by atoms with Crippen LogP contribution in [0.4, 0.5) is 0 Å². The van der Waals surface area contributed by atoms with Crippen LogP contribution in [0.1, 0.15) is 105 Å². The van der Waals surface area contributed by atoms with Crippen LogP contribution in [0.3, 0.4) is 0 Å². The lowest BCUT2D eigenvalue weighted by atomic mass is 9.47. The molecule has 0 aromatic rings. The fourth-order valence-electron chi connectivity index (χ4n) is 12.0. The molecule has 2 saturated heterocycles. The Morgan fingerprint density at radius 1 is 0.780 bits per heavy atom. The number of aliphatic hydroxyl groups excluding tert-OH is 8. The van der Waals surface area contributed by atoms with Gasteiger partial charge in [0.25, 0.3) is 0 Å². The van der Waals surface area contributed by atoms with Crippen LogP contribution in [0.5, 0.6) is 0 Å². The first-order valence-electron chi connectivity index (χ1n) is 19.7. The van der Waals surface area contributed by atoms with Gasteiger partial charge in [0.2, 0.25) is 0 Å². The maximum Gasteiger partial charge on any atom is 0.187 e. The SMILES string of the molecule is CC(CCC[C@@H](C)[C@H]1CC[C@H]2[C@@H]3CC=C4C[C@@H](O)CC[C@]4(C)[C@H]3CC[C@]12C)C[C@@H]1O[C@H](CO)[C@@H](O[C@@H]2O[C@H](CO)[C@H](O)[C@H](O)[C@H]2O)[C@H](O)[C@H]1O. The summed E-state index contributed by atoms with van der Waals surface area (Å²) in [5.74, 6) is 3.84. The normalized spacial score (nSPS) is 50.5. The van der Waals surface area contributed by atoms with Crippen LogP contribution in [0.15, 0.2) is 11.6 Å². The van der Waals surface area contributed by atoms with Crippen LogP contribution < -0.4 is 0 Å². The molecule has 0 bridgehead atoms. The summed E-state index contributed by atoms with van der Waals surface area (Å²) in [6.45, 7) is 8.52. The molecule has 0 amide bonds. The number of fused-ring (bicyclic) bond motifs is 5. The van der Waals surface area contributed by atoms with E-state index < -0.39 is 74.4 Å². The van der Waals surface area contributed by atoms with Crippen molar-refractivity contribution in [2.45, 2.75) is 172 Å². The second-order valence-corrected chi connectivity index (χ2v) is 17.8. The molecule has 0 radical (unpaired) electrons. The number of aliphatic hydroxyl groups is 8. The van der Waals surface area contributed by atoms with Crippen molar-refractivity contribution in [3.8, 4) is 0 Å². The van der Waals surface area contributed by atoms with Gasteiger partial charge < -0.3 is 55.1 Å². The summed E-state index contributed by atoms with van der Waals surface area (Å²) in [6, 6.07) is 0. The second-order valence-electron chi connectivity index (χ2n) is 17.8. The number of hydrogen-bond donors (Lipinski definition) is 8. The lowest BCUT2D eigenvalue weighted by molar-refractivity contribution is -0.342. The Hall–Kier alpha value is -0.700. The fourth-order valence-corrected chi connectivity index (χ4v) is 12.0. The standard InChI is InChI=1S/C39H66O11/c1-20(16-28-31(43)34(46)36(30(19-41)48-28)50-37-35(47)33(45)32(44)29(18-40)49-37)6-5-7-21(2)25-10-11-26-24-9-8-22-17-23(42)12-14-38(22,3)27(24)13-15-39(25,26)4/h8,20-21,23-37,40-47H,5-7,9-19H2,1-4H3/t20?,21-,23+,24+,25-,26+,27+,28+,29-,30-,31+,32+,33+,34-,35-,36-,37+,38+,39-/m1/s1. The largest absolute Gasteiger partial charge is 0.394 e. The lowest BCUT2D eigenvalue weighted by Crippen LogP contribution is -2.64. The molecule has 6 aliphatic rings. The topological polar surface area (TPSA) is 190 Å². The molecule has 2 aliphatic heterocycles. The molecule has 4 aliphatic carbocycles. The van der Waals surface area contributed by atoms with E-state index in [1.807, 2.05) is 0 Å². The van der Waals surface area contributed by atoms with E-state index in [2.05, 4.69) is 33.8 Å². The molecule has 0 spiro atoms. The number of rotatable bonds is 11. The van der Waals surface area contributed by atoms with Gasteiger partial charge in [0.1, 0.15) is 48.8 Å². The third-order valence-corrected chi connectivity index (χ3v) is 14.9. The van der Waals surface area contributed by atoms with Gasteiger partial charge in [0, 0.05) is 0 Å². The highest BCUT2D eigenvalue weighted by Gasteiger charge is 2.59. The highest BCUT2D eigenvalue weighted by atomic mass is 16.7. The van der Waals surface area contributed by atoms with Crippen molar-refractivity contribution in [3.63, 3.8) is 0 Å². The predicted molar refractivity (Wildman–Crippen MR) is 184 cm³/mol. The van der Waals surface area contributed by atoms with Crippen molar-refractivity contribution in [1.29, 1.82) is 0 Å². The minimum absolute atomic E-state index is 0.163. The highest BCUT2D eigenvalue weighted by Crippen LogP contribution is 2.67. The van der Waals surface area contributed by atoms with Gasteiger partial charge in [-0.05, 0) is 104 Å². The van der Waals surface area contributed by atoms with Gasteiger partial charge in [-0.1, -0.05) is 58.6 Å². The van der Waals surface area contributed by atoms with Crippen molar-refractivity contribution in [3.05, 3.63) is 11.6 Å². The van der Waals surface area contributed by atoms with Crippen molar-refractivity contribution >= 4 is 0 Å². The molecule has 50 heavy (non-hydrogen) atoms. The van der Waals surface area contributed by atoms with Gasteiger partial charge in [-0.25, -0.2) is 0 Å². The molecule has 1 unspecified atom stereocenters. The molecule has 0 aromatic carbocycles. The van der Waals surface area contributed by atoms with Gasteiger partial charge in [0.15, 0.2) is 6.29 Å². The van der Waals surface area contributed by atoms with Crippen molar-refractivity contribution in [1.82, 2.24) is 0 Å². The maximum absolute atomic E-state index is 11.0. The molecule has 3 saturated carbocycles. The molecule has 6 rings (SSSR count). The summed E-state index contributed by atoms with van der Waals surface area (Å²) in [5.41, 5.74) is 2.18. The Kier molecular flexibility index (Phi) is 12.1. The van der Waals surface area contributed by atoms with E-state index in [9.17, 15) is 40.9 Å². The monoisotopic (exact) mass is 710 g/mol. The van der Waals surface area contributed by atoms with Crippen molar-refractivity contribution < 1.29 is 55.1 Å². The Morgan fingerprint density at radius 3 is 2.22 bits per heavy atom.